The standard InChI is InChI=1S/C37H37ClN2O5S/c1-46(42,43)40(25-28-13-6-3-7-14-28)33-23-29(19-20-32(33)38)34(41)26-39(24-27-11-4-2-5-12-27)21-22-44-36-18-10-16-31-30-15-8-9-17-35(30)45-37(31)36/h2-7,10-14,17-20,23H,8-9,15-16,21-22,24-26H2,1H3. The Morgan fingerprint density at radius 2 is 1.67 bits per heavy atom. The number of furan rings is 1. The molecular weight excluding hydrogens is 620 g/mol. The molecule has 0 radical (unpaired) electrons. The average molecular weight is 657 g/mol. The smallest absolute Gasteiger partial charge is 0.232 e. The molecule has 2 aliphatic carbocycles. The molecule has 46 heavy (non-hydrogen) atoms. The summed E-state index contributed by atoms with van der Waals surface area (Å²) in [6.45, 7) is 1.60. The topological polar surface area (TPSA) is 80.1 Å². The molecule has 0 saturated carbocycles. The molecule has 0 spiro atoms. The van der Waals surface area contributed by atoms with Crippen molar-refractivity contribution in [2.45, 2.75) is 38.8 Å². The lowest BCUT2D eigenvalue weighted by Gasteiger charge is -2.25. The molecule has 0 bridgehead atoms. The van der Waals surface area contributed by atoms with Crippen LogP contribution in [0.1, 0.15) is 45.5 Å². The van der Waals surface area contributed by atoms with Crippen molar-refractivity contribution in [1.29, 1.82) is 0 Å². The zero-order valence-corrected chi connectivity index (χ0v) is 27.4. The second kappa shape index (κ2) is 14.1. The monoisotopic (exact) mass is 656 g/mol. The molecule has 3 aromatic carbocycles. The minimum atomic E-state index is -3.70. The Labute approximate surface area is 275 Å². The fraction of sp³-hybridized carbons (Fsp3) is 0.270. The number of anilines is 1. The molecule has 0 saturated heterocycles. The van der Waals surface area contributed by atoms with Gasteiger partial charge in [-0.1, -0.05) is 78.3 Å². The minimum absolute atomic E-state index is 0.0974. The summed E-state index contributed by atoms with van der Waals surface area (Å²) in [5.41, 5.74) is 6.82. The van der Waals surface area contributed by atoms with Crippen molar-refractivity contribution in [1.82, 2.24) is 4.90 Å². The quantitative estimate of drug-likeness (QED) is 0.173. The van der Waals surface area contributed by atoms with Gasteiger partial charge in [-0.25, -0.2) is 8.42 Å². The molecule has 0 aliphatic heterocycles. The number of Topliss-reactive ketones (excluding diaryl/α,β-unsaturated/α-hetero) is 1. The molecule has 238 valence electrons. The largest absolute Gasteiger partial charge is 0.488 e. The highest BCUT2D eigenvalue weighted by Crippen LogP contribution is 2.31. The predicted octanol–water partition coefficient (Wildman–Crippen LogP) is 5.64. The number of hydrogen-bond donors (Lipinski definition) is 0. The van der Waals surface area contributed by atoms with E-state index in [2.05, 4.69) is 12.2 Å². The fourth-order valence-corrected chi connectivity index (χ4v) is 7.16. The Bertz CT molecular complexity index is 1970. The van der Waals surface area contributed by atoms with Crippen LogP contribution >= 0.6 is 11.6 Å². The average Bonchev–Trinajstić information content (AvgIpc) is 3.44. The Balaban J connectivity index is 1.21. The first kappa shape index (κ1) is 31.9. The Morgan fingerprint density at radius 1 is 0.957 bits per heavy atom. The highest BCUT2D eigenvalue weighted by atomic mass is 35.5. The fourth-order valence-electron chi connectivity index (χ4n) is 6.00. The van der Waals surface area contributed by atoms with Gasteiger partial charge in [0, 0.05) is 29.8 Å². The van der Waals surface area contributed by atoms with Crippen molar-refractivity contribution >= 4 is 44.9 Å². The summed E-state index contributed by atoms with van der Waals surface area (Å²) >= 11 is 6.53. The minimum Gasteiger partial charge on any atom is -0.488 e. The van der Waals surface area contributed by atoms with Crippen LogP contribution in [0.5, 0.6) is 0 Å². The van der Waals surface area contributed by atoms with E-state index in [1.807, 2.05) is 71.6 Å². The van der Waals surface area contributed by atoms with Crippen LogP contribution in [0.15, 0.2) is 95.4 Å². The van der Waals surface area contributed by atoms with Crippen LogP contribution in [0.4, 0.5) is 5.69 Å². The van der Waals surface area contributed by atoms with Gasteiger partial charge in [-0.05, 0) is 67.2 Å². The van der Waals surface area contributed by atoms with Crippen molar-refractivity contribution < 1.29 is 22.4 Å². The summed E-state index contributed by atoms with van der Waals surface area (Å²) in [6.07, 6.45) is 11.4. The molecule has 0 amide bonds. The first-order valence-electron chi connectivity index (χ1n) is 15.5. The van der Waals surface area contributed by atoms with E-state index in [0.29, 0.717) is 25.3 Å². The number of carbonyl (C=O) groups excluding carboxylic acids is 1. The maximum Gasteiger partial charge on any atom is 0.232 e. The number of carbonyl (C=O) groups is 1. The van der Waals surface area contributed by atoms with Crippen LogP contribution in [0.25, 0.3) is 11.8 Å². The third-order valence-corrected chi connectivity index (χ3v) is 9.76. The number of nitrogens with zero attached hydrogens (tertiary/aromatic N) is 2. The molecule has 0 fully saturated rings. The molecule has 9 heteroatoms. The number of sulfonamides is 1. The van der Waals surface area contributed by atoms with Gasteiger partial charge in [0.1, 0.15) is 12.0 Å². The number of rotatable bonds is 13. The van der Waals surface area contributed by atoms with Crippen LogP contribution in [0.3, 0.4) is 0 Å². The van der Waals surface area contributed by atoms with E-state index >= 15 is 0 Å². The van der Waals surface area contributed by atoms with E-state index in [1.165, 1.54) is 15.4 Å². The summed E-state index contributed by atoms with van der Waals surface area (Å²) in [6, 6.07) is 24.1. The molecule has 0 N–H and O–H groups in total. The van der Waals surface area contributed by atoms with E-state index in [-0.39, 0.29) is 29.6 Å². The van der Waals surface area contributed by atoms with E-state index < -0.39 is 10.0 Å². The van der Waals surface area contributed by atoms with Gasteiger partial charge in [0.15, 0.2) is 17.0 Å². The van der Waals surface area contributed by atoms with E-state index in [9.17, 15) is 13.2 Å². The van der Waals surface area contributed by atoms with Crippen molar-refractivity contribution in [3.8, 4) is 0 Å². The van der Waals surface area contributed by atoms with Gasteiger partial charge >= 0.3 is 0 Å². The zero-order chi connectivity index (χ0) is 32.1. The lowest BCUT2D eigenvalue weighted by Crippen LogP contribution is -2.33. The van der Waals surface area contributed by atoms with Crippen LogP contribution in [0.2, 0.25) is 5.02 Å². The van der Waals surface area contributed by atoms with Gasteiger partial charge in [0.25, 0.3) is 0 Å². The SMILES string of the molecule is CS(=O)(=O)N(Cc1ccccc1)c1cc(C(=O)CN(CCOC2=c3oc4c(c3CC=C2)CCCC=4)Cc2ccccc2)ccc1Cl. The third-order valence-electron chi connectivity index (χ3n) is 8.31. The molecule has 7 nitrogen and oxygen atoms in total. The summed E-state index contributed by atoms with van der Waals surface area (Å²) in [7, 11) is -3.70. The molecule has 0 unspecified atom stereocenters. The lowest BCUT2D eigenvalue weighted by atomic mass is 9.97. The van der Waals surface area contributed by atoms with Crippen LogP contribution in [-0.4, -0.2) is 45.1 Å². The van der Waals surface area contributed by atoms with Crippen molar-refractivity contribution in [3.63, 3.8) is 0 Å². The van der Waals surface area contributed by atoms with Crippen LogP contribution in [0, 0.1) is 0 Å². The van der Waals surface area contributed by atoms with E-state index in [1.54, 1.807) is 18.2 Å². The normalized spacial score (nSPS) is 14.0. The van der Waals surface area contributed by atoms with Gasteiger partial charge in [-0.3, -0.25) is 14.0 Å². The van der Waals surface area contributed by atoms with Gasteiger partial charge in [-0.15, -0.1) is 0 Å². The zero-order valence-electron chi connectivity index (χ0n) is 25.8. The second-order valence-electron chi connectivity index (χ2n) is 11.7. The molecule has 4 aromatic rings. The van der Waals surface area contributed by atoms with Crippen LogP contribution < -0.4 is 15.1 Å². The predicted molar refractivity (Wildman–Crippen MR) is 183 cm³/mol. The van der Waals surface area contributed by atoms with Gasteiger partial charge < -0.3 is 9.15 Å². The molecule has 2 aliphatic rings. The maximum absolute atomic E-state index is 13.8. The van der Waals surface area contributed by atoms with Gasteiger partial charge in [0.2, 0.25) is 10.0 Å². The van der Waals surface area contributed by atoms with Crippen molar-refractivity contribution in [2.24, 2.45) is 0 Å². The first-order chi connectivity index (χ1) is 22.3. The molecule has 1 aromatic heterocycles. The second-order valence-corrected chi connectivity index (χ2v) is 14.0. The molecule has 0 atom stereocenters. The Hall–Kier alpha value is -4.11. The summed E-state index contributed by atoms with van der Waals surface area (Å²) in [4.78, 5) is 15.8. The van der Waals surface area contributed by atoms with Gasteiger partial charge in [-0.2, -0.15) is 0 Å². The third kappa shape index (κ3) is 7.47. The van der Waals surface area contributed by atoms with Gasteiger partial charge in [0.05, 0.1) is 30.1 Å². The number of benzene rings is 3. The summed E-state index contributed by atoms with van der Waals surface area (Å²) in [5, 5.41) is 0.251. The highest BCUT2D eigenvalue weighted by molar-refractivity contribution is 7.92. The molecular formula is C37H37ClN2O5S. The van der Waals surface area contributed by atoms with Crippen molar-refractivity contribution in [3.05, 3.63) is 135 Å². The molecule has 1 heterocycles. The lowest BCUT2D eigenvalue weighted by molar-refractivity contribution is 0.0906. The number of ether oxygens (including phenoxy) is 1. The first-order valence-corrected chi connectivity index (χ1v) is 17.7. The number of hydrogen-bond acceptors (Lipinski definition) is 6. The summed E-state index contributed by atoms with van der Waals surface area (Å²) in [5.74, 6) is 0.570. The van der Waals surface area contributed by atoms with Crippen molar-refractivity contribution in [2.75, 3.05) is 30.3 Å². The van der Waals surface area contributed by atoms with E-state index in [4.69, 9.17) is 20.8 Å². The van der Waals surface area contributed by atoms with Crippen LogP contribution in [-0.2, 0) is 40.7 Å². The van der Waals surface area contributed by atoms with E-state index in [0.717, 1.165) is 59.7 Å². The summed E-state index contributed by atoms with van der Waals surface area (Å²) < 4.78 is 39.5. The number of halogens is 1. The number of ketones is 1. The molecule has 6 rings (SSSR count). The highest BCUT2D eigenvalue weighted by Gasteiger charge is 2.23. The Morgan fingerprint density at radius 3 is 2.39 bits per heavy atom. The maximum atomic E-state index is 13.8. The Kier molecular flexibility index (Phi) is 9.78. The number of allylic oxidation sites excluding steroid dienone is 1. The number of fused-ring (bicyclic) bond motifs is 3.